The highest BCUT2D eigenvalue weighted by Gasteiger charge is 2.25. The van der Waals surface area contributed by atoms with E-state index in [1.807, 2.05) is 11.0 Å². The quantitative estimate of drug-likeness (QED) is 0.922. The van der Waals surface area contributed by atoms with E-state index in [0.717, 1.165) is 25.1 Å². The zero-order valence-corrected chi connectivity index (χ0v) is 12.9. The van der Waals surface area contributed by atoms with Gasteiger partial charge in [-0.3, -0.25) is 9.89 Å². The van der Waals surface area contributed by atoms with Gasteiger partial charge < -0.3 is 9.64 Å². The highest BCUT2D eigenvalue weighted by Crippen LogP contribution is 2.25. The number of amides is 1. The van der Waals surface area contributed by atoms with Gasteiger partial charge in [-0.2, -0.15) is 5.10 Å². The number of halogens is 1. The van der Waals surface area contributed by atoms with Crippen LogP contribution in [0.4, 0.5) is 4.39 Å². The molecule has 1 aliphatic heterocycles. The van der Waals surface area contributed by atoms with Crippen molar-refractivity contribution in [3.05, 3.63) is 48.0 Å². The van der Waals surface area contributed by atoms with Crippen molar-refractivity contribution >= 4 is 5.91 Å². The Morgan fingerprint density at radius 1 is 1.39 bits per heavy atom. The maximum atomic E-state index is 13.4. The van der Waals surface area contributed by atoms with Gasteiger partial charge in [0.15, 0.2) is 11.6 Å². The second-order valence-electron chi connectivity index (χ2n) is 5.72. The van der Waals surface area contributed by atoms with Gasteiger partial charge in [-0.15, -0.1) is 0 Å². The molecule has 1 fully saturated rings. The number of benzene rings is 1. The number of hydrogen-bond donors (Lipinski definition) is 1. The first-order valence-corrected chi connectivity index (χ1v) is 7.88. The standard InChI is InChI=1S/C17H20FN3O2/c18-14-5-1-2-6-16(14)23-11-8-17(22)21-10-3-4-13(12-21)15-7-9-19-20-15/h1-2,5-7,9,13H,3-4,8,10-12H2,(H,19,20)/t13-/m1/s1. The summed E-state index contributed by atoms with van der Waals surface area (Å²) in [6, 6.07) is 8.18. The van der Waals surface area contributed by atoms with Crippen molar-refractivity contribution in [2.24, 2.45) is 0 Å². The van der Waals surface area contributed by atoms with Gasteiger partial charge in [0.1, 0.15) is 0 Å². The molecule has 0 unspecified atom stereocenters. The van der Waals surface area contributed by atoms with Crippen molar-refractivity contribution in [3.63, 3.8) is 0 Å². The van der Waals surface area contributed by atoms with E-state index in [0.29, 0.717) is 12.5 Å². The topological polar surface area (TPSA) is 58.2 Å². The molecule has 0 bridgehead atoms. The third-order valence-electron chi connectivity index (χ3n) is 4.15. The molecule has 0 spiro atoms. The number of piperidine rings is 1. The number of carbonyl (C=O) groups is 1. The molecule has 0 saturated carbocycles. The molecule has 1 saturated heterocycles. The van der Waals surface area contributed by atoms with E-state index >= 15 is 0 Å². The largest absolute Gasteiger partial charge is 0.490 e. The highest BCUT2D eigenvalue weighted by molar-refractivity contribution is 5.76. The summed E-state index contributed by atoms with van der Waals surface area (Å²) in [5.74, 6) is 0.139. The summed E-state index contributed by atoms with van der Waals surface area (Å²) in [6.45, 7) is 1.65. The van der Waals surface area contributed by atoms with E-state index < -0.39 is 5.82 Å². The molecule has 5 nitrogen and oxygen atoms in total. The van der Waals surface area contributed by atoms with Crippen LogP contribution in [0.1, 0.15) is 30.9 Å². The minimum absolute atomic E-state index is 0.0468. The molecule has 2 aromatic rings. The van der Waals surface area contributed by atoms with Crippen molar-refractivity contribution in [2.75, 3.05) is 19.7 Å². The SMILES string of the molecule is O=C(CCOc1ccccc1F)N1CCC[C@@H](c2ccn[nH]2)C1. The number of hydrogen-bond acceptors (Lipinski definition) is 3. The van der Waals surface area contributed by atoms with Crippen LogP contribution in [0.5, 0.6) is 5.75 Å². The number of likely N-dealkylation sites (tertiary alicyclic amines) is 1. The number of aromatic nitrogens is 2. The van der Waals surface area contributed by atoms with Crippen molar-refractivity contribution in [1.82, 2.24) is 15.1 Å². The lowest BCUT2D eigenvalue weighted by Crippen LogP contribution is -2.39. The van der Waals surface area contributed by atoms with Crippen LogP contribution >= 0.6 is 0 Å². The van der Waals surface area contributed by atoms with Gasteiger partial charge in [-0.05, 0) is 31.0 Å². The summed E-state index contributed by atoms with van der Waals surface area (Å²) in [7, 11) is 0. The summed E-state index contributed by atoms with van der Waals surface area (Å²) < 4.78 is 18.8. The lowest BCUT2D eigenvalue weighted by Gasteiger charge is -2.32. The Morgan fingerprint density at radius 3 is 3.04 bits per heavy atom. The average molecular weight is 317 g/mol. The molecule has 1 aromatic heterocycles. The lowest BCUT2D eigenvalue weighted by molar-refractivity contribution is -0.132. The number of carbonyl (C=O) groups excluding carboxylic acids is 1. The minimum atomic E-state index is -0.405. The Kier molecular flexibility index (Phi) is 4.90. The number of para-hydroxylation sites is 1. The molecular weight excluding hydrogens is 297 g/mol. The molecule has 3 rings (SSSR count). The van der Waals surface area contributed by atoms with Gasteiger partial charge in [0.05, 0.1) is 13.0 Å². The van der Waals surface area contributed by atoms with Crippen LogP contribution in [-0.2, 0) is 4.79 Å². The van der Waals surface area contributed by atoms with Crippen LogP contribution in [-0.4, -0.2) is 40.7 Å². The van der Waals surface area contributed by atoms with E-state index in [1.165, 1.54) is 6.07 Å². The minimum Gasteiger partial charge on any atom is -0.490 e. The smallest absolute Gasteiger partial charge is 0.226 e. The first kappa shape index (κ1) is 15.5. The second-order valence-corrected chi connectivity index (χ2v) is 5.72. The molecule has 0 aliphatic carbocycles. The van der Waals surface area contributed by atoms with E-state index in [9.17, 15) is 9.18 Å². The predicted octanol–water partition coefficient (Wildman–Crippen LogP) is 2.72. The summed E-state index contributed by atoms with van der Waals surface area (Å²) >= 11 is 0. The van der Waals surface area contributed by atoms with Gasteiger partial charge in [-0.25, -0.2) is 4.39 Å². The predicted molar refractivity (Wildman–Crippen MR) is 83.7 cm³/mol. The highest BCUT2D eigenvalue weighted by atomic mass is 19.1. The molecule has 23 heavy (non-hydrogen) atoms. The van der Waals surface area contributed by atoms with Crippen molar-refractivity contribution in [1.29, 1.82) is 0 Å². The first-order chi connectivity index (χ1) is 11.2. The molecule has 6 heteroatoms. The molecule has 1 aliphatic rings. The number of ether oxygens (including phenoxy) is 1. The Labute approximate surface area is 134 Å². The fourth-order valence-electron chi connectivity index (χ4n) is 2.92. The summed E-state index contributed by atoms with van der Waals surface area (Å²) in [4.78, 5) is 14.2. The average Bonchev–Trinajstić information content (AvgIpc) is 3.11. The van der Waals surface area contributed by atoms with E-state index in [-0.39, 0.29) is 24.7 Å². The van der Waals surface area contributed by atoms with Gasteiger partial charge in [0, 0.05) is 30.9 Å². The van der Waals surface area contributed by atoms with Gasteiger partial charge >= 0.3 is 0 Å². The van der Waals surface area contributed by atoms with Crippen LogP contribution in [0.2, 0.25) is 0 Å². The normalized spacial score (nSPS) is 18.0. The fourth-order valence-corrected chi connectivity index (χ4v) is 2.92. The third-order valence-corrected chi connectivity index (χ3v) is 4.15. The van der Waals surface area contributed by atoms with E-state index in [4.69, 9.17) is 4.74 Å². The zero-order valence-electron chi connectivity index (χ0n) is 12.9. The monoisotopic (exact) mass is 317 g/mol. The Morgan fingerprint density at radius 2 is 2.26 bits per heavy atom. The molecule has 2 heterocycles. The number of nitrogens with zero attached hydrogens (tertiary/aromatic N) is 2. The number of rotatable bonds is 5. The molecule has 1 aromatic carbocycles. The van der Waals surface area contributed by atoms with Crippen LogP contribution < -0.4 is 4.74 Å². The van der Waals surface area contributed by atoms with Gasteiger partial charge in [0.25, 0.3) is 0 Å². The summed E-state index contributed by atoms with van der Waals surface area (Å²) in [5.41, 5.74) is 1.07. The molecule has 122 valence electrons. The Bertz CT molecular complexity index is 645. The molecule has 1 atom stereocenters. The van der Waals surface area contributed by atoms with Crippen molar-refractivity contribution in [3.8, 4) is 5.75 Å². The fraction of sp³-hybridized carbons (Fsp3) is 0.412. The number of aromatic amines is 1. The molecular formula is C17H20FN3O2. The number of nitrogens with one attached hydrogen (secondary N) is 1. The van der Waals surface area contributed by atoms with Crippen LogP contribution in [0, 0.1) is 5.82 Å². The van der Waals surface area contributed by atoms with E-state index in [2.05, 4.69) is 10.2 Å². The first-order valence-electron chi connectivity index (χ1n) is 7.88. The second kappa shape index (κ2) is 7.26. The van der Waals surface area contributed by atoms with Crippen molar-refractivity contribution in [2.45, 2.75) is 25.2 Å². The molecule has 1 N–H and O–H groups in total. The van der Waals surface area contributed by atoms with Crippen molar-refractivity contribution < 1.29 is 13.9 Å². The van der Waals surface area contributed by atoms with Crippen LogP contribution in [0.25, 0.3) is 0 Å². The lowest BCUT2D eigenvalue weighted by atomic mass is 9.95. The Hall–Kier alpha value is -2.37. The summed E-state index contributed by atoms with van der Waals surface area (Å²) in [6.07, 6.45) is 4.02. The van der Waals surface area contributed by atoms with Crippen LogP contribution in [0.3, 0.4) is 0 Å². The maximum Gasteiger partial charge on any atom is 0.226 e. The maximum absolute atomic E-state index is 13.4. The Balaban J connectivity index is 1.49. The summed E-state index contributed by atoms with van der Waals surface area (Å²) in [5, 5.41) is 6.96. The zero-order chi connectivity index (χ0) is 16.1. The van der Waals surface area contributed by atoms with Crippen LogP contribution in [0.15, 0.2) is 36.5 Å². The third kappa shape index (κ3) is 3.88. The van der Waals surface area contributed by atoms with E-state index in [1.54, 1.807) is 24.4 Å². The molecule has 0 radical (unpaired) electrons. The van der Waals surface area contributed by atoms with Gasteiger partial charge in [0.2, 0.25) is 5.91 Å². The van der Waals surface area contributed by atoms with Gasteiger partial charge in [-0.1, -0.05) is 12.1 Å². The molecule has 1 amide bonds. The number of H-pyrrole nitrogens is 1.